The first-order chi connectivity index (χ1) is 8.09. The molecule has 0 saturated carbocycles. The van der Waals surface area contributed by atoms with Gasteiger partial charge in [-0.25, -0.2) is 0 Å². The predicted octanol–water partition coefficient (Wildman–Crippen LogP) is 1.56. The number of aromatic amines is 1. The second-order valence-electron chi connectivity index (χ2n) is 3.24. The molecule has 0 amide bonds. The topological polar surface area (TPSA) is 104 Å². The smallest absolute Gasteiger partial charge is 0.257 e. The normalized spacial score (nSPS) is 11.1. The summed E-state index contributed by atoms with van der Waals surface area (Å²) in [5.74, 6) is -0.235. The summed E-state index contributed by atoms with van der Waals surface area (Å²) in [6, 6.07) is 6.62. The summed E-state index contributed by atoms with van der Waals surface area (Å²) in [5.41, 5.74) is 4.77. The Labute approximate surface area is 101 Å². The molecule has 0 aliphatic carbocycles. The molecule has 0 aliphatic heterocycles. The largest absolute Gasteiger partial charge is 0.504 e. The minimum absolute atomic E-state index is 0.0681. The van der Waals surface area contributed by atoms with Gasteiger partial charge in [0.05, 0.1) is 5.39 Å². The number of nitrogens with two attached hydrogens (primary N) is 1. The van der Waals surface area contributed by atoms with E-state index in [4.69, 9.17) is 5.73 Å². The van der Waals surface area contributed by atoms with E-state index in [-0.39, 0.29) is 22.2 Å². The molecule has 0 unspecified atom stereocenters. The van der Waals surface area contributed by atoms with Gasteiger partial charge in [0.15, 0.2) is 11.6 Å². The first kappa shape index (κ1) is 11.2. The van der Waals surface area contributed by atoms with Crippen molar-refractivity contribution in [2.75, 3.05) is 0 Å². The second kappa shape index (κ2) is 4.30. The van der Waals surface area contributed by atoms with Crippen molar-refractivity contribution >= 4 is 33.9 Å². The summed E-state index contributed by atoms with van der Waals surface area (Å²) in [6.07, 6.45) is 0. The number of aromatic hydroxyl groups is 1. The van der Waals surface area contributed by atoms with Gasteiger partial charge in [0.1, 0.15) is 0 Å². The highest BCUT2D eigenvalue weighted by Gasteiger charge is 2.09. The van der Waals surface area contributed by atoms with E-state index in [1.807, 2.05) is 0 Å². The fraction of sp³-hybridized carbons (Fsp3) is 0. The molecule has 1 aromatic heterocycles. The number of rotatable bonds is 1. The van der Waals surface area contributed by atoms with Gasteiger partial charge in [0.2, 0.25) is 5.11 Å². The summed E-state index contributed by atoms with van der Waals surface area (Å²) >= 11 is 4.51. The lowest BCUT2D eigenvalue weighted by molar-refractivity contribution is 0.480. The molecule has 0 bridgehead atoms. The van der Waals surface area contributed by atoms with Gasteiger partial charge in [0, 0.05) is 5.39 Å². The molecule has 1 aromatic carbocycles. The quantitative estimate of drug-likeness (QED) is 0.526. The molecule has 1 heterocycles. The summed E-state index contributed by atoms with van der Waals surface area (Å²) in [5, 5.41) is 17.4. The van der Waals surface area contributed by atoms with Gasteiger partial charge < -0.3 is 15.8 Å². The average Bonchev–Trinajstić information content (AvgIpc) is 2.32. The van der Waals surface area contributed by atoms with Crippen molar-refractivity contribution in [1.82, 2.24) is 4.98 Å². The Morgan fingerprint density at radius 1 is 1.35 bits per heavy atom. The third-order valence-corrected chi connectivity index (χ3v) is 2.21. The third kappa shape index (κ3) is 2.13. The van der Waals surface area contributed by atoms with Crippen LogP contribution in [0.15, 0.2) is 39.3 Å². The molecule has 0 spiro atoms. The fourth-order valence-electron chi connectivity index (χ4n) is 1.42. The highest BCUT2D eigenvalue weighted by Crippen LogP contribution is 2.30. The molecular formula is C10H8N4O2S. The number of nitrogens with one attached hydrogen (secondary N) is 1. The number of fused-ring (bicyclic) bond motifs is 1. The first-order valence-corrected chi connectivity index (χ1v) is 5.05. The zero-order valence-electron chi connectivity index (χ0n) is 8.54. The Morgan fingerprint density at radius 3 is 2.65 bits per heavy atom. The van der Waals surface area contributed by atoms with E-state index in [0.29, 0.717) is 10.8 Å². The van der Waals surface area contributed by atoms with Crippen LogP contribution in [0.1, 0.15) is 0 Å². The highest BCUT2D eigenvalue weighted by molar-refractivity contribution is 7.80. The van der Waals surface area contributed by atoms with Crippen LogP contribution in [0.5, 0.6) is 5.75 Å². The predicted molar refractivity (Wildman–Crippen MR) is 67.5 cm³/mol. The molecule has 2 aromatic rings. The third-order valence-electron chi connectivity index (χ3n) is 2.13. The number of aromatic nitrogens is 1. The van der Waals surface area contributed by atoms with E-state index in [1.54, 1.807) is 24.3 Å². The molecule has 0 fully saturated rings. The maximum absolute atomic E-state index is 11.7. The van der Waals surface area contributed by atoms with Gasteiger partial charge in [-0.15, -0.1) is 10.2 Å². The molecule has 17 heavy (non-hydrogen) atoms. The van der Waals surface area contributed by atoms with Crippen LogP contribution in [-0.2, 0) is 0 Å². The molecule has 0 radical (unpaired) electrons. The van der Waals surface area contributed by atoms with Crippen molar-refractivity contribution < 1.29 is 5.11 Å². The molecule has 7 heteroatoms. The Balaban J connectivity index is 2.71. The maximum Gasteiger partial charge on any atom is 0.257 e. The molecular weight excluding hydrogens is 240 g/mol. The minimum Gasteiger partial charge on any atom is -0.504 e. The summed E-state index contributed by atoms with van der Waals surface area (Å²) in [4.78, 5) is 14.1. The average molecular weight is 248 g/mol. The van der Waals surface area contributed by atoms with Crippen molar-refractivity contribution in [3.8, 4) is 5.75 Å². The van der Waals surface area contributed by atoms with Crippen LogP contribution in [0, 0.1) is 0 Å². The van der Waals surface area contributed by atoms with E-state index in [0.717, 1.165) is 0 Å². The SMILES string of the molecule is NC(=S)/N=N/c1[nH]c(=O)c2ccccc2c1O. The molecule has 86 valence electrons. The van der Waals surface area contributed by atoms with Crippen molar-refractivity contribution in [3.05, 3.63) is 34.6 Å². The number of benzene rings is 1. The Kier molecular flexibility index (Phi) is 2.84. The van der Waals surface area contributed by atoms with E-state index < -0.39 is 0 Å². The van der Waals surface area contributed by atoms with Crippen LogP contribution in [0.4, 0.5) is 5.82 Å². The highest BCUT2D eigenvalue weighted by atomic mass is 32.1. The molecule has 0 aliphatic rings. The summed E-state index contributed by atoms with van der Waals surface area (Å²) < 4.78 is 0. The van der Waals surface area contributed by atoms with Gasteiger partial charge in [-0.1, -0.05) is 18.2 Å². The van der Waals surface area contributed by atoms with Crippen molar-refractivity contribution in [1.29, 1.82) is 0 Å². The van der Waals surface area contributed by atoms with Gasteiger partial charge in [-0.3, -0.25) is 4.79 Å². The van der Waals surface area contributed by atoms with Crippen LogP contribution in [0.25, 0.3) is 10.8 Å². The van der Waals surface area contributed by atoms with Crippen molar-refractivity contribution in [2.24, 2.45) is 16.0 Å². The van der Waals surface area contributed by atoms with E-state index in [9.17, 15) is 9.90 Å². The fourth-order valence-corrected chi connectivity index (χ4v) is 1.46. The van der Waals surface area contributed by atoms with Crippen molar-refractivity contribution in [3.63, 3.8) is 0 Å². The first-order valence-electron chi connectivity index (χ1n) is 4.65. The second-order valence-corrected chi connectivity index (χ2v) is 3.65. The molecule has 2 rings (SSSR count). The van der Waals surface area contributed by atoms with Crippen LogP contribution >= 0.6 is 12.2 Å². The molecule has 0 saturated heterocycles. The van der Waals surface area contributed by atoms with E-state index in [2.05, 4.69) is 27.4 Å². The van der Waals surface area contributed by atoms with Crippen LogP contribution in [0.2, 0.25) is 0 Å². The maximum atomic E-state index is 11.7. The molecule has 4 N–H and O–H groups in total. The molecule has 0 atom stereocenters. The Morgan fingerprint density at radius 2 is 2.00 bits per heavy atom. The van der Waals surface area contributed by atoms with Crippen molar-refractivity contribution in [2.45, 2.75) is 0 Å². The zero-order valence-corrected chi connectivity index (χ0v) is 9.36. The number of hydrogen-bond donors (Lipinski definition) is 3. The standard InChI is InChI=1S/C10H8N4O2S/c11-10(17)14-13-8-7(15)5-3-1-2-4-6(5)9(16)12-8/h1-4,15H,(H2,11,17)(H,12,16)/b14-13+. The number of azo groups is 1. The van der Waals surface area contributed by atoms with Crippen LogP contribution < -0.4 is 11.3 Å². The lowest BCUT2D eigenvalue weighted by atomic mass is 10.1. The Hall–Kier alpha value is -2.28. The lowest BCUT2D eigenvalue weighted by Crippen LogP contribution is -2.06. The van der Waals surface area contributed by atoms with Crippen LogP contribution in [-0.4, -0.2) is 15.2 Å². The van der Waals surface area contributed by atoms with E-state index in [1.165, 1.54) is 0 Å². The van der Waals surface area contributed by atoms with Gasteiger partial charge in [0.25, 0.3) is 5.56 Å². The lowest BCUT2D eigenvalue weighted by Gasteiger charge is -2.02. The molecule has 6 nitrogen and oxygen atoms in total. The number of hydrogen-bond acceptors (Lipinski definition) is 4. The monoisotopic (exact) mass is 248 g/mol. The number of pyridine rings is 1. The Bertz CT molecular complexity index is 678. The number of thiocarbonyl (C=S) groups is 1. The van der Waals surface area contributed by atoms with Crippen LogP contribution in [0.3, 0.4) is 0 Å². The summed E-state index contributed by atoms with van der Waals surface area (Å²) in [6.45, 7) is 0. The van der Waals surface area contributed by atoms with Gasteiger partial charge in [-0.05, 0) is 18.3 Å². The number of nitrogens with zero attached hydrogens (tertiary/aromatic N) is 2. The summed E-state index contributed by atoms with van der Waals surface area (Å²) in [7, 11) is 0. The van der Waals surface area contributed by atoms with Gasteiger partial charge in [-0.2, -0.15) is 0 Å². The zero-order chi connectivity index (χ0) is 12.4. The minimum atomic E-state index is -0.365. The van der Waals surface area contributed by atoms with E-state index >= 15 is 0 Å². The van der Waals surface area contributed by atoms with Gasteiger partial charge >= 0.3 is 0 Å². The number of H-pyrrole nitrogens is 1.